The monoisotopic (exact) mass is 277 g/mol. The average Bonchev–Trinajstić information content (AvgIpc) is 2.80. The molecule has 0 saturated heterocycles. The molecule has 1 aliphatic rings. The van der Waals surface area contributed by atoms with Gasteiger partial charge in [-0.05, 0) is 38.3 Å². The van der Waals surface area contributed by atoms with Crippen LogP contribution in [0.4, 0.5) is 0 Å². The number of aromatic nitrogens is 3. The van der Waals surface area contributed by atoms with Gasteiger partial charge in [0.1, 0.15) is 11.3 Å². The Hall–Kier alpha value is -1.09. The summed E-state index contributed by atoms with van der Waals surface area (Å²) >= 11 is 6.13. The summed E-state index contributed by atoms with van der Waals surface area (Å²) in [7, 11) is 0. The molecule has 2 aromatic rings. The van der Waals surface area contributed by atoms with E-state index in [4.69, 9.17) is 16.6 Å². The molecule has 0 atom stereocenters. The lowest BCUT2D eigenvalue weighted by Gasteiger charge is -2.36. The number of nitrogens with zero attached hydrogens (tertiary/aromatic N) is 3. The van der Waals surface area contributed by atoms with Gasteiger partial charge in [0.15, 0.2) is 5.65 Å². The summed E-state index contributed by atoms with van der Waals surface area (Å²) in [4.78, 5) is 9.29. The van der Waals surface area contributed by atoms with Crippen LogP contribution in [0, 0.1) is 6.92 Å². The molecular formula is C15H20ClN3. The number of halogens is 1. The number of alkyl halides is 1. The Bertz CT molecular complexity index is 597. The first-order valence-electron chi connectivity index (χ1n) is 7.05. The van der Waals surface area contributed by atoms with Gasteiger partial charge in [0.2, 0.25) is 0 Å². The van der Waals surface area contributed by atoms with Crippen molar-refractivity contribution in [1.82, 2.24) is 14.5 Å². The van der Waals surface area contributed by atoms with Gasteiger partial charge in [-0.1, -0.05) is 19.3 Å². The number of hydrogen-bond acceptors (Lipinski definition) is 2. The SMILES string of the molecule is Cc1ccnc2c1nc(CCl)n2C1(C)CCCCC1. The first-order valence-corrected chi connectivity index (χ1v) is 7.58. The van der Waals surface area contributed by atoms with Gasteiger partial charge in [-0.25, -0.2) is 9.97 Å². The normalized spacial score (nSPS) is 18.9. The molecule has 102 valence electrons. The van der Waals surface area contributed by atoms with Crippen molar-refractivity contribution in [2.45, 2.75) is 57.4 Å². The second-order valence-electron chi connectivity index (χ2n) is 5.85. The maximum Gasteiger partial charge on any atom is 0.160 e. The number of hydrogen-bond donors (Lipinski definition) is 0. The summed E-state index contributed by atoms with van der Waals surface area (Å²) in [5.41, 5.74) is 3.30. The van der Waals surface area contributed by atoms with E-state index in [0.717, 1.165) is 17.0 Å². The first kappa shape index (κ1) is 12.9. The molecule has 1 saturated carbocycles. The Labute approximate surface area is 119 Å². The van der Waals surface area contributed by atoms with Gasteiger partial charge in [-0.3, -0.25) is 0 Å². The number of imidazole rings is 1. The van der Waals surface area contributed by atoms with Crippen LogP contribution in [-0.4, -0.2) is 14.5 Å². The molecule has 0 unspecified atom stereocenters. The number of pyridine rings is 1. The maximum atomic E-state index is 6.13. The van der Waals surface area contributed by atoms with Gasteiger partial charge < -0.3 is 4.57 Å². The van der Waals surface area contributed by atoms with E-state index in [1.54, 1.807) is 0 Å². The third-order valence-electron chi connectivity index (χ3n) is 4.41. The Kier molecular flexibility index (Phi) is 3.25. The van der Waals surface area contributed by atoms with Crippen molar-refractivity contribution in [1.29, 1.82) is 0 Å². The lowest BCUT2D eigenvalue weighted by molar-refractivity contribution is 0.219. The van der Waals surface area contributed by atoms with E-state index in [-0.39, 0.29) is 5.54 Å². The van der Waals surface area contributed by atoms with E-state index < -0.39 is 0 Å². The fourth-order valence-electron chi connectivity index (χ4n) is 3.33. The molecule has 0 bridgehead atoms. The van der Waals surface area contributed by atoms with Crippen molar-refractivity contribution in [3.8, 4) is 0 Å². The summed E-state index contributed by atoms with van der Waals surface area (Å²) < 4.78 is 2.31. The molecule has 3 nitrogen and oxygen atoms in total. The van der Waals surface area contributed by atoms with E-state index in [2.05, 4.69) is 23.4 Å². The topological polar surface area (TPSA) is 30.7 Å². The highest BCUT2D eigenvalue weighted by atomic mass is 35.5. The quantitative estimate of drug-likeness (QED) is 0.772. The van der Waals surface area contributed by atoms with Crippen molar-refractivity contribution < 1.29 is 0 Å². The van der Waals surface area contributed by atoms with Crippen LogP contribution < -0.4 is 0 Å². The number of aryl methyl sites for hydroxylation is 1. The molecule has 4 heteroatoms. The maximum absolute atomic E-state index is 6.13. The second kappa shape index (κ2) is 4.78. The minimum atomic E-state index is 0.123. The number of fused-ring (bicyclic) bond motifs is 1. The van der Waals surface area contributed by atoms with Gasteiger partial charge in [0.05, 0.1) is 5.88 Å². The third kappa shape index (κ3) is 2.04. The third-order valence-corrected chi connectivity index (χ3v) is 4.65. The summed E-state index contributed by atoms with van der Waals surface area (Å²) in [6, 6.07) is 2.01. The van der Waals surface area contributed by atoms with Gasteiger partial charge in [0.25, 0.3) is 0 Å². The van der Waals surface area contributed by atoms with E-state index >= 15 is 0 Å². The summed E-state index contributed by atoms with van der Waals surface area (Å²) in [6.07, 6.45) is 8.16. The highest BCUT2D eigenvalue weighted by Gasteiger charge is 2.32. The average molecular weight is 278 g/mol. The lowest BCUT2D eigenvalue weighted by Crippen LogP contribution is -2.33. The van der Waals surface area contributed by atoms with Crippen LogP contribution in [-0.2, 0) is 11.4 Å². The molecule has 0 aromatic carbocycles. The van der Waals surface area contributed by atoms with Crippen molar-refractivity contribution in [2.75, 3.05) is 0 Å². The summed E-state index contributed by atoms with van der Waals surface area (Å²) in [5.74, 6) is 1.41. The standard InChI is InChI=1S/C15H20ClN3/c1-11-6-9-17-14-13(11)18-12(10-16)19(14)15(2)7-4-3-5-8-15/h6,9H,3-5,7-8,10H2,1-2H3. The van der Waals surface area contributed by atoms with E-state index in [9.17, 15) is 0 Å². The van der Waals surface area contributed by atoms with Crippen LogP contribution in [0.25, 0.3) is 11.2 Å². The smallest absolute Gasteiger partial charge is 0.160 e. The van der Waals surface area contributed by atoms with Crippen LogP contribution in [0.5, 0.6) is 0 Å². The molecule has 2 aromatic heterocycles. The van der Waals surface area contributed by atoms with E-state index in [0.29, 0.717) is 5.88 Å². The van der Waals surface area contributed by atoms with Crippen LogP contribution in [0.15, 0.2) is 12.3 Å². The zero-order valence-corrected chi connectivity index (χ0v) is 12.4. The second-order valence-corrected chi connectivity index (χ2v) is 6.12. The predicted octanol–water partition coefficient (Wildman–Crippen LogP) is 4.16. The number of rotatable bonds is 2. The minimum absolute atomic E-state index is 0.123. The van der Waals surface area contributed by atoms with E-state index in [1.165, 1.54) is 37.7 Å². The Morgan fingerprint density at radius 3 is 2.74 bits per heavy atom. The fourth-order valence-corrected chi connectivity index (χ4v) is 3.51. The molecule has 0 aliphatic heterocycles. The van der Waals surface area contributed by atoms with Crippen molar-refractivity contribution in [3.63, 3.8) is 0 Å². The van der Waals surface area contributed by atoms with Crippen LogP contribution in [0.1, 0.15) is 50.4 Å². The van der Waals surface area contributed by atoms with Crippen molar-refractivity contribution >= 4 is 22.8 Å². The molecule has 0 amide bonds. The zero-order chi connectivity index (χ0) is 13.5. The van der Waals surface area contributed by atoms with Crippen molar-refractivity contribution in [3.05, 3.63) is 23.7 Å². The van der Waals surface area contributed by atoms with E-state index in [1.807, 2.05) is 12.3 Å². The Balaban J connectivity index is 2.23. The summed E-state index contributed by atoms with van der Waals surface area (Å²) in [5, 5.41) is 0. The van der Waals surface area contributed by atoms with Gasteiger partial charge in [-0.15, -0.1) is 11.6 Å². The van der Waals surface area contributed by atoms with Crippen LogP contribution in [0.3, 0.4) is 0 Å². The molecule has 3 rings (SSSR count). The molecule has 0 spiro atoms. The summed E-state index contributed by atoms with van der Waals surface area (Å²) in [6.45, 7) is 4.41. The molecule has 1 fully saturated rings. The van der Waals surface area contributed by atoms with Crippen molar-refractivity contribution in [2.24, 2.45) is 0 Å². The Morgan fingerprint density at radius 1 is 1.32 bits per heavy atom. The lowest BCUT2D eigenvalue weighted by atomic mass is 9.83. The molecule has 19 heavy (non-hydrogen) atoms. The van der Waals surface area contributed by atoms with Gasteiger partial charge in [-0.2, -0.15) is 0 Å². The van der Waals surface area contributed by atoms with Gasteiger partial charge >= 0.3 is 0 Å². The molecular weight excluding hydrogens is 258 g/mol. The highest BCUT2D eigenvalue weighted by Crippen LogP contribution is 2.38. The Morgan fingerprint density at radius 2 is 2.05 bits per heavy atom. The van der Waals surface area contributed by atoms with Crippen LogP contribution in [0.2, 0.25) is 0 Å². The molecule has 2 heterocycles. The first-order chi connectivity index (χ1) is 9.15. The molecule has 1 aliphatic carbocycles. The zero-order valence-electron chi connectivity index (χ0n) is 11.6. The highest BCUT2D eigenvalue weighted by molar-refractivity contribution is 6.16. The molecule has 0 radical (unpaired) electrons. The predicted molar refractivity (Wildman–Crippen MR) is 78.6 cm³/mol. The van der Waals surface area contributed by atoms with Gasteiger partial charge in [0, 0.05) is 11.7 Å². The molecule has 0 N–H and O–H groups in total. The fraction of sp³-hybridized carbons (Fsp3) is 0.600. The minimum Gasteiger partial charge on any atom is -0.306 e. The largest absolute Gasteiger partial charge is 0.306 e. The van der Waals surface area contributed by atoms with Crippen LogP contribution >= 0.6 is 11.6 Å².